The van der Waals surface area contributed by atoms with Gasteiger partial charge in [0.25, 0.3) is 0 Å². The van der Waals surface area contributed by atoms with Crippen LogP contribution < -0.4 is 10.6 Å². The Kier molecular flexibility index (Phi) is 5.78. The number of hydrogen-bond acceptors (Lipinski definition) is 2. The highest BCUT2D eigenvalue weighted by Gasteiger charge is 2.10. The zero-order valence-corrected chi connectivity index (χ0v) is 11.9. The van der Waals surface area contributed by atoms with Gasteiger partial charge in [0.05, 0.1) is 0 Å². The summed E-state index contributed by atoms with van der Waals surface area (Å²) in [4.78, 5) is 11.2. The molecule has 98 valence electrons. The fourth-order valence-corrected chi connectivity index (χ4v) is 1.85. The van der Waals surface area contributed by atoms with Crippen LogP contribution in [-0.4, -0.2) is 11.0 Å². The Labute approximate surface area is 114 Å². The molecule has 0 aliphatic carbocycles. The molecular formula is C14H20N2OS. The highest BCUT2D eigenvalue weighted by Crippen LogP contribution is 2.26. The summed E-state index contributed by atoms with van der Waals surface area (Å²) in [5.41, 5.74) is 2.18. The molecule has 1 aromatic rings. The first-order valence-corrected chi connectivity index (χ1v) is 6.69. The molecule has 3 nitrogen and oxygen atoms in total. The van der Waals surface area contributed by atoms with Crippen molar-refractivity contribution in [1.82, 2.24) is 5.32 Å². The van der Waals surface area contributed by atoms with E-state index in [0.29, 0.717) is 17.5 Å². The number of amides is 1. The number of thiocarbonyl (C=S) groups is 1. The van der Waals surface area contributed by atoms with Gasteiger partial charge in [-0.1, -0.05) is 39.0 Å². The van der Waals surface area contributed by atoms with Crippen molar-refractivity contribution in [1.29, 1.82) is 0 Å². The first-order chi connectivity index (χ1) is 8.58. The summed E-state index contributed by atoms with van der Waals surface area (Å²) in [6.45, 7) is 6.12. The van der Waals surface area contributed by atoms with Gasteiger partial charge in [0.1, 0.15) is 0 Å². The van der Waals surface area contributed by atoms with Crippen LogP contribution in [0.5, 0.6) is 0 Å². The molecule has 0 aliphatic rings. The first kappa shape index (κ1) is 14.6. The first-order valence-electron chi connectivity index (χ1n) is 6.28. The molecule has 0 aliphatic heterocycles. The molecule has 0 saturated heterocycles. The Morgan fingerprint density at radius 2 is 2.00 bits per heavy atom. The second-order valence-electron chi connectivity index (χ2n) is 4.25. The van der Waals surface area contributed by atoms with Gasteiger partial charge in [-0.3, -0.25) is 4.79 Å². The molecule has 0 aromatic heterocycles. The van der Waals surface area contributed by atoms with E-state index in [0.717, 1.165) is 12.1 Å². The van der Waals surface area contributed by atoms with Crippen molar-refractivity contribution in [2.45, 2.75) is 39.5 Å². The van der Waals surface area contributed by atoms with Crippen LogP contribution in [0.15, 0.2) is 24.3 Å². The van der Waals surface area contributed by atoms with Crippen molar-refractivity contribution < 1.29 is 4.79 Å². The minimum atomic E-state index is -0.0754. The van der Waals surface area contributed by atoms with Crippen molar-refractivity contribution in [3.05, 3.63) is 29.8 Å². The van der Waals surface area contributed by atoms with Gasteiger partial charge in [0.2, 0.25) is 5.91 Å². The van der Waals surface area contributed by atoms with E-state index in [9.17, 15) is 4.79 Å². The van der Waals surface area contributed by atoms with Gasteiger partial charge >= 0.3 is 0 Å². The van der Waals surface area contributed by atoms with Crippen molar-refractivity contribution in [3.8, 4) is 0 Å². The van der Waals surface area contributed by atoms with Gasteiger partial charge in [-0.2, -0.15) is 0 Å². The van der Waals surface area contributed by atoms with Crippen LogP contribution in [-0.2, 0) is 4.79 Å². The SMILES string of the molecule is CCC(=O)NC(=S)Nc1ccccc1[C@H](C)CC. The van der Waals surface area contributed by atoms with Gasteiger partial charge in [0.15, 0.2) is 5.11 Å². The van der Waals surface area contributed by atoms with Crippen molar-refractivity contribution in [3.63, 3.8) is 0 Å². The minimum absolute atomic E-state index is 0.0754. The third-order valence-corrected chi connectivity index (χ3v) is 3.13. The zero-order valence-electron chi connectivity index (χ0n) is 11.1. The fraction of sp³-hybridized carbons (Fsp3) is 0.429. The monoisotopic (exact) mass is 264 g/mol. The Balaban J connectivity index is 2.78. The molecule has 0 saturated carbocycles. The Morgan fingerprint density at radius 1 is 1.33 bits per heavy atom. The number of rotatable bonds is 4. The summed E-state index contributed by atoms with van der Waals surface area (Å²) in [5.74, 6) is 0.381. The highest BCUT2D eigenvalue weighted by molar-refractivity contribution is 7.80. The lowest BCUT2D eigenvalue weighted by atomic mass is 9.97. The van der Waals surface area contributed by atoms with E-state index < -0.39 is 0 Å². The largest absolute Gasteiger partial charge is 0.332 e. The quantitative estimate of drug-likeness (QED) is 0.819. The van der Waals surface area contributed by atoms with Crippen LogP contribution in [0.4, 0.5) is 5.69 Å². The van der Waals surface area contributed by atoms with Crippen LogP contribution in [0.2, 0.25) is 0 Å². The molecule has 1 rings (SSSR count). The maximum absolute atomic E-state index is 11.2. The Hall–Kier alpha value is -1.42. The van der Waals surface area contributed by atoms with E-state index in [4.69, 9.17) is 12.2 Å². The smallest absolute Gasteiger partial charge is 0.225 e. The van der Waals surface area contributed by atoms with E-state index in [-0.39, 0.29) is 5.91 Å². The summed E-state index contributed by atoms with van der Waals surface area (Å²) in [7, 11) is 0. The molecule has 0 radical (unpaired) electrons. The van der Waals surface area contributed by atoms with E-state index in [1.807, 2.05) is 18.2 Å². The third-order valence-electron chi connectivity index (χ3n) is 2.93. The van der Waals surface area contributed by atoms with Crippen molar-refractivity contribution in [2.24, 2.45) is 0 Å². The maximum Gasteiger partial charge on any atom is 0.225 e. The van der Waals surface area contributed by atoms with E-state index >= 15 is 0 Å². The number of carbonyl (C=O) groups excluding carboxylic acids is 1. The van der Waals surface area contributed by atoms with E-state index in [2.05, 4.69) is 30.5 Å². The lowest BCUT2D eigenvalue weighted by molar-refractivity contribution is -0.119. The maximum atomic E-state index is 11.2. The number of para-hydroxylation sites is 1. The number of carbonyl (C=O) groups is 1. The zero-order chi connectivity index (χ0) is 13.5. The molecule has 0 bridgehead atoms. The molecule has 0 fully saturated rings. The summed E-state index contributed by atoms with van der Waals surface area (Å²) in [5, 5.41) is 6.09. The summed E-state index contributed by atoms with van der Waals surface area (Å²) in [6, 6.07) is 8.03. The molecule has 0 spiro atoms. The topological polar surface area (TPSA) is 41.1 Å². The molecule has 0 unspecified atom stereocenters. The number of benzene rings is 1. The lowest BCUT2D eigenvalue weighted by Gasteiger charge is -2.16. The second kappa shape index (κ2) is 7.11. The van der Waals surface area contributed by atoms with Gasteiger partial charge in [-0.15, -0.1) is 0 Å². The highest BCUT2D eigenvalue weighted by atomic mass is 32.1. The third kappa shape index (κ3) is 4.11. The molecule has 4 heteroatoms. The van der Waals surface area contributed by atoms with Crippen LogP contribution in [0, 0.1) is 0 Å². The van der Waals surface area contributed by atoms with E-state index in [1.54, 1.807) is 6.92 Å². The molecule has 1 atom stereocenters. The summed E-state index contributed by atoms with van der Waals surface area (Å²) in [6.07, 6.45) is 1.49. The summed E-state index contributed by atoms with van der Waals surface area (Å²) >= 11 is 5.12. The van der Waals surface area contributed by atoms with Gasteiger partial charge in [-0.25, -0.2) is 0 Å². The normalized spacial score (nSPS) is 11.7. The molecule has 2 N–H and O–H groups in total. The van der Waals surface area contributed by atoms with Gasteiger partial charge in [-0.05, 0) is 36.2 Å². The molecular weight excluding hydrogens is 244 g/mol. The second-order valence-corrected chi connectivity index (χ2v) is 4.66. The average molecular weight is 264 g/mol. The number of anilines is 1. The molecule has 0 heterocycles. The van der Waals surface area contributed by atoms with Crippen LogP contribution in [0.1, 0.15) is 45.1 Å². The Morgan fingerprint density at radius 3 is 2.61 bits per heavy atom. The predicted octanol–water partition coefficient (Wildman–Crippen LogP) is 3.42. The molecule has 1 aromatic carbocycles. The predicted molar refractivity (Wildman–Crippen MR) is 79.8 cm³/mol. The Bertz CT molecular complexity index is 432. The van der Waals surface area contributed by atoms with Crippen molar-refractivity contribution >= 4 is 28.9 Å². The van der Waals surface area contributed by atoms with Gasteiger partial charge in [0, 0.05) is 12.1 Å². The average Bonchev–Trinajstić information content (AvgIpc) is 2.38. The van der Waals surface area contributed by atoms with Crippen LogP contribution in [0.25, 0.3) is 0 Å². The minimum Gasteiger partial charge on any atom is -0.332 e. The van der Waals surface area contributed by atoms with E-state index in [1.165, 1.54) is 5.56 Å². The van der Waals surface area contributed by atoms with Crippen LogP contribution in [0.3, 0.4) is 0 Å². The fourth-order valence-electron chi connectivity index (χ4n) is 1.63. The summed E-state index contributed by atoms with van der Waals surface area (Å²) < 4.78 is 0. The van der Waals surface area contributed by atoms with Crippen molar-refractivity contribution in [2.75, 3.05) is 5.32 Å². The van der Waals surface area contributed by atoms with Gasteiger partial charge < -0.3 is 10.6 Å². The lowest BCUT2D eigenvalue weighted by Crippen LogP contribution is -2.33. The molecule has 1 amide bonds. The molecule has 18 heavy (non-hydrogen) atoms. The number of nitrogens with one attached hydrogen (secondary N) is 2. The van der Waals surface area contributed by atoms with Crippen LogP contribution >= 0.6 is 12.2 Å². The standard InChI is InChI=1S/C14H20N2OS/c1-4-10(3)11-8-6-7-9-12(11)15-14(18)16-13(17)5-2/h6-10H,4-5H2,1-3H3,(H2,15,16,17,18)/t10-/m1/s1. The number of hydrogen-bond donors (Lipinski definition) is 2.